The molecular weight excluding hydrogens is 308 g/mol. The highest BCUT2D eigenvalue weighted by molar-refractivity contribution is 7.09. The van der Waals surface area contributed by atoms with Gasteiger partial charge in [-0.05, 0) is 44.6 Å². The van der Waals surface area contributed by atoms with Crippen molar-refractivity contribution < 1.29 is 4.74 Å². The number of piperidine rings is 1. The van der Waals surface area contributed by atoms with Crippen LogP contribution in [0.2, 0.25) is 0 Å². The first-order valence-corrected chi connectivity index (χ1v) is 9.20. The van der Waals surface area contributed by atoms with Gasteiger partial charge in [0, 0.05) is 42.3 Å². The molecule has 5 nitrogen and oxygen atoms in total. The van der Waals surface area contributed by atoms with Crippen molar-refractivity contribution in [3.63, 3.8) is 0 Å². The molecule has 0 N–H and O–H groups in total. The Morgan fingerprint density at radius 1 is 1.26 bits per heavy atom. The molecule has 2 aromatic heterocycles. The number of ether oxygens (including phenoxy) is 1. The van der Waals surface area contributed by atoms with E-state index in [0.29, 0.717) is 11.8 Å². The highest BCUT2D eigenvalue weighted by atomic mass is 32.1. The van der Waals surface area contributed by atoms with Gasteiger partial charge in [0.15, 0.2) is 0 Å². The van der Waals surface area contributed by atoms with E-state index < -0.39 is 0 Å². The summed E-state index contributed by atoms with van der Waals surface area (Å²) in [5.74, 6) is 3.09. The zero-order chi connectivity index (χ0) is 15.6. The Morgan fingerprint density at radius 2 is 2.09 bits per heavy atom. The van der Waals surface area contributed by atoms with Gasteiger partial charge in [-0.1, -0.05) is 6.07 Å². The molecule has 1 saturated heterocycles. The van der Waals surface area contributed by atoms with Gasteiger partial charge in [0.25, 0.3) is 0 Å². The van der Waals surface area contributed by atoms with Gasteiger partial charge in [-0.25, -0.2) is 9.97 Å². The normalized spacial score (nSPS) is 19.1. The molecule has 0 bridgehead atoms. The lowest BCUT2D eigenvalue weighted by atomic mass is 9.98. The second-order valence-electron chi connectivity index (χ2n) is 6.58. The lowest BCUT2D eigenvalue weighted by molar-refractivity contribution is 0.215. The van der Waals surface area contributed by atoms with Gasteiger partial charge in [-0.2, -0.15) is 4.37 Å². The van der Waals surface area contributed by atoms with Gasteiger partial charge in [-0.3, -0.25) is 0 Å². The largest absolute Gasteiger partial charge is 0.477 e. The summed E-state index contributed by atoms with van der Waals surface area (Å²) in [6.07, 6.45) is 6.61. The predicted molar refractivity (Wildman–Crippen MR) is 91.3 cm³/mol. The lowest BCUT2D eigenvalue weighted by Crippen LogP contribution is -2.35. The summed E-state index contributed by atoms with van der Waals surface area (Å²) in [6.45, 7) is 4.90. The number of anilines is 1. The molecule has 23 heavy (non-hydrogen) atoms. The molecule has 0 unspecified atom stereocenters. The fraction of sp³-hybridized carbons (Fsp3) is 0.588. The fourth-order valence-corrected chi connectivity index (χ4v) is 3.77. The number of pyridine rings is 1. The molecule has 1 aliphatic heterocycles. The SMILES string of the molecule is Cc1cccnc1OCC1CCN(c2nc(C3CC3)ns2)CC1. The second-order valence-corrected chi connectivity index (χ2v) is 7.31. The van der Waals surface area contributed by atoms with Crippen molar-refractivity contribution in [3.05, 3.63) is 29.7 Å². The van der Waals surface area contributed by atoms with E-state index in [2.05, 4.69) is 14.3 Å². The Hall–Kier alpha value is -1.69. The van der Waals surface area contributed by atoms with E-state index in [1.54, 1.807) is 17.7 Å². The van der Waals surface area contributed by atoms with Gasteiger partial charge in [0.2, 0.25) is 11.0 Å². The van der Waals surface area contributed by atoms with Crippen molar-refractivity contribution in [3.8, 4) is 5.88 Å². The molecule has 1 aliphatic carbocycles. The molecule has 1 saturated carbocycles. The number of aromatic nitrogens is 3. The molecule has 0 amide bonds. The van der Waals surface area contributed by atoms with Crippen LogP contribution in [0.3, 0.4) is 0 Å². The van der Waals surface area contributed by atoms with E-state index in [4.69, 9.17) is 9.72 Å². The van der Waals surface area contributed by atoms with E-state index in [0.717, 1.165) is 54.9 Å². The minimum absolute atomic E-state index is 0.600. The van der Waals surface area contributed by atoms with Crippen LogP contribution >= 0.6 is 11.5 Å². The van der Waals surface area contributed by atoms with Crippen molar-refractivity contribution in [2.75, 3.05) is 24.6 Å². The summed E-state index contributed by atoms with van der Waals surface area (Å²) in [7, 11) is 0. The van der Waals surface area contributed by atoms with E-state index in [1.165, 1.54) is 12.8 Å². The van der Waals surface area contributed by atoms with Crippen LogP contribution in [-0.4, -0.2) is 34.0 Å². The summed E-state index contributed by atoms with van der Waals surface area (Å²) in [4.78, 5) is 11.4. The van der Waals surface area contributed by atoms with Crippen LogP contribution < -0.4 is 9.64 Å². The molecule has 6 heteroatoms. The number of hydrogen-bond donors (Lipinski definition) is 0. The van der Waals surface area contributed by atoms with Crippen molar-refractivity contribution in [2.24, 2.45) is 5.92 Å². The first kappa shape index (κ1) is 14.9. The van der Waals surface area contributed by atoms with Crippen LogP contribution in [0.4, 0.5) is 5.13 Å². The van der Waals surface area contributed by atoms with Gasteiger partial charge < -0.3 is 9.64 Å². The zero-order valence-electron chi connectivity index (χ0n) is 13.4. The molecule has 122 valence electrons. The molecule has 0 radical (unpaired) electrons. The van der Waals surface area contributed by atoms with Crippen LogP contribution in [0.25, 0.3) is 0 Å². The maximum Gasteiger partial charge on any atom is 0.216 e. The number of rotatable bonds is 5. The Kier molecular flexibility index (Phi) is 4.16. The maximum absolute atomic E-state index is 5.91. The lowest BCUT2D eigenvalue weighted by Gasteiger charge is -2.31. The molecule has 2 aromatic rings. The predicted octanol–water partition coefficient (Wildman–Crippen LogP) is 3.41. The topological polar surface area (TPSA) is 51.1 Å². The molecule has 2 fully saturated rings. The first-order valence-electron chi connectivity index (χ1n) is 8.42. The summed E-state index contributed by atoms with van der Waals surface area (Å²) in [5.41, 5.74) is 1.10. The second kappa shape index (κ2) is 6.43. The highest BCUT2D eigenvalue weighted by Gasteiger charge is 2.29. The van der Waals surface area contributed by atoms with Crippen molar-refractivity contribution in [2.45, 2.75) is 38.5 Å². The van der Waals surface area contributed by atoms with E-state index in [-0.39, 0.29) is 0 Å². The van der Waals surface area contributed by atoms with Crippen molar-refractivity contribution in [1.29, 1.82) is 0 Å². The molecule has 0 atom stereocenters. The van der Waals surface area contributed by atoms with E-state index in [1.807, 2.05) is 19.1 Å². The standard InChI is InChI=1S/C17H22N4OS/c1-12-3-2-8-18-16(12)22-11-13-6-9-21(10-7-13)17-19-15(20-23-17)14-4-5-14/h2-3,8,13-14H,4-7,9-11H2,1H3. The third-order valence-corrected chi connectivity index (χ3v) is 5.47. The summed E-state index contributed by atoms with van der Waals surface area (Å²) in [5, 5.41) is 1.10. The van der Waals surface area contributed by atoms with Crippen LogP contribution in [-0.2, 0) is 0 Å². The van der Waals surface area contributed by atoms with Gasteiger partial charge >= 0.3 is 0 Å². The minimum atomic E-state index is 0.600. The Morgan fingerprint density at radius 3 is 2.83 bits per heavy atom. The molecule has 4 rings (SSSR count). The number of aryl methyl sites for hydroxylation is 1. The number of nitrogens with zero attached hydrogens (tertiary/aromatic N) is 4. The zero-order valence-corrected chi connectivity index (χ0v) is 14.3. The summed E-state index contributed by atoms with van der Waals surface area (Å²) in [6, 6.07) is 3.98. The highest BCUT2D eigenvalue weighted by Crippen LogP contribution is 2.40. The van der Waals surface area contributed by atoms with Crippen molar-refractivity contribution in [1.82, 2.24) is 14.3 Å². The van der Waals surface area contributed by atoms with Crippen LogP contribution in [0.15, 0.2) is 18.3 Å². The van der Waals surface area contributed by atoms with Crippen molar-refractivity contribution >= 4 is 16.7 Å². The van der Waals surface area contributed by atoms with Gasteiger partial charge in [-0.15, -0.1) is 0 Å². The third-order valence-electron chi connectivity index (χ3n) is 4.68. The minimum Gasteiger partial charge on any atom is -0.477 e. The molecular formula is C17H22N4OS. The fourth-order valence-electron chi connectivity index (χ4n) is 2.97. The van der Waals surface area contributed by atoms with Gasteiger partial charge in [0.1, 0.15) is 5.82 Å². The molecule has 0 spiro atoms. The smallest absolute Gasteiger partial charge is 0.216 e. The third kappa shape index (κ3) is 3.47. The quantitative estimate of drug-likeness (QED) is 0.841. The van der Waals surface area contributed by atoms with Crippen LogP contribution in [0.5, 0.6) is 5.88 Å². The van der Waals surface area contributed by atoms with Crippen LogP contribution in [0.1, 0.15) is 43.0 Å². The van der Waals surface area contributed by atoms with Crippen LogP contribution in [0, 0.1) is 12.8 Å². The first-order chi connectivity index (χ1) is 11.3. The van der Waals surface area contributed by atoms with Gasteiger partial charge in [0.05, 0.1) is 6.61 Å². The Balaban J connectivity index is 1.28. The monoisotopic (exact) mass is 330 g/mol. The Labute approximate surface area is 140 Å². The number of hydrogen-bond acceptors (Lipinski definition) is 6. The van der Waals surface area contributed by atoms with E-state index in [9.17, 15) is 0 Å². The molecule has 0 aromatic carbocycles. The molecule has 2 aliphatic rings. The summed E-state index contributed by atoms with van der Waals surface area (Å²) < 4.78 is 10.4. The average molecular weight is 330 g/mol. The molecule has 3 heterocycles. The summed E-state index contributed by atoms with van der Waals surface area (Å²) >= 11 is 1.56. The Bertz CT molecular complexity index is 662. The maximum atomic E-state index is 5.91. The van der Waals surface area contributed by atoms with E-state index >= 15 is 0 Å². The average Bonchev–Trinajstić information content (AvgIpc) is 3.32.